The minimum atomic E-state index is -0.206. The minimum Gasteiger partial charge on any atom is -0.373 e. The molecule has 1 aliphatic rings. The summed E-state index contributed by atoms with van der Waals surface area (Å²) in [7, 11) is 1.89. The van der Waals surface area contributed by atoms with Gasteiger partial charge in [0.25, 0.3) is 0 Å². The van der Waals surface area contributed by atoms with E-state index in [9.17, 15) is 0 Å². The summed E-state index contributed by atoms with van der Waals surface area (Å²) in [5.74, 6) is 2.20. The van der Waals surface area contributed by atoms with Crippen LogP contribution < -0.4 is 5.32 Å². The first-order chi connectivity index (χ1) is 10.3. The van der Waals surface area contributed by atoms with Crippen molar-refractivity contribution in [2.75, 3.05) is 19.0 Å². The Morgan fingerprint density at radius 1 is 1.24 bits per heavy atom. The third-order valence-corrected chi connectivity index (χ3v) is 3.69. The molecule has 0 bridgehead atoms. The van der Waals surface area contributed by atoms with E-state index in [1.54, 1.807) is 0 Å². The lowest BCUT2D eigenvalue weighted by molar-refractivity contribution is 0.0850. The highest BCUT2D eigenvalue weighted by Crippen LogP contribution is 2.40. The van der Waals surface area contributed by atoms with Gasteiger partial charge in [0.15, 0.2) is 5.82 Å². The van der Waals surface area contributed by atoms with Crippen molar-refractivity contribution in [3.8, 4) is 0 Å². The summed E-state index contributed by atoms with van der Waals surface area (Å²) in [5.41, 5.74) is 2.22. The van der Waals surface area contributed by atoms with Gasteiger partial charge in [0.1, 0.15) is 11.9 Å². The molecule has 1 saturated carbocycles. The molecule has 1 aliphatic carbocycles. The largest absolute Gasteiger partial charge is 0.373 e. The first-order valence-electron chi connectivity index (χ1n) is 7.55. The third-order valence-electron chi connectivity index (χ3n) is 3.69. The zero-order valence-electron chi connectivity index (χ0n) is 12.5. The van der Waals surface area contributed by atoms with Crippen molar-refractivity contribution in [2.45, 2.75) is 31.8 Å². The van der Waals surface area contributed by atoms with Crippen LogP contribution in [0.1, 0.15) is 48.9 Å². The fourth-order valence-corrected chi connectivity index (χ4v) is 2.43. The van der Waals surface area contributed by atoms with E-state index in [4.69, 9.17) is 9.72 Å². The Morgan fingerprint density at radius 3 is 2.62 bits per heavy atom. The highest BCUT2D eigenvalue weighted by atomic mass is 16.5. The number of rotatable bonds is 6. The summed E-state index contributed by atoms with van der Waals surface area (Å²) in [5, 5.41) is 3.13. The van der Waals surface area contributed by atoms with E-state index in [0.717, 1.165) is 22.9 Å². The average Bonchev–Trinajstić information content (AvgIpc) is 3.38. The summed E-state index contributed by atoms with van der Waals surface area (Å²) in [6.07, 6.45) is 2.25. The number of aromatic nitrogens is 2. The molecule has 4 heteroatoms. The Balaban J connectivity index is 2.00. The fraction of sp³-hybridized carbons (Fsp3) is 0.412. The molecule has 0 saturated heterocycles. The zero-order chi connectivity index (χ0) is 14.7. The van der Waals surface area contributed by atoms with Crippen LogP contribution in [0.3, 0.4) is 0 Å². The minimum absolute atomic E-state index is 0.206. The number of hydrogen-bond acceptors (Lipinski definition) is 4. The molecule has 1 heterocycles. The highest BCUT2D eigenvalue weighted by molar-refractivity contribution is 5.39. The molecule has 1 aromatic carbocycles. The smallest absolute Gasteiger partial charge is 0.164 e. The van der Waals surface area contributed by atoms with Gasteiger partial charge in [-0.25, -0.2) is 9.97 Å². The van der Waals surface area contributed by atoms with Crippen LogP contribution in [0.25, 0.3) is 0 Å². The van der Waals surface area contributed by atoms with Gasteiger partial charge in [0.05, 0.1) is 0 Å². The number of hydrogen-bond donors (Lipinski definition) is 1. The maximum absolute atomic E-state index is 5.92. The summed E-state index contributed by atoms with van der Waals surface area (Å²) >= 11 is 0. The lowest BCUT2D eigenvalue weighted by Crippen LogP contribution is -2.13. The van der Waals surface area contributed by atoms with Gasteiger partial charge in [-0.05, 0) is 25.3 Å². The summed E-state index contributed by atoms with van der Waals surface area (Å²) < 4.78 is 5.92. The molecule has 0 aliphatic heterocycles. The summed E-state index contributed by atoms with van der Waals surface area (Å²) in [6.45, 7) is 2.63. The molecule has 21 heavy (non-hydrogen) atoms. The van der Waals surface area contributed by atoms with Crippen molar-refractivity contribution in [2.24, 2.45) is 0 Å². The Bertz CT molecular complexity index is 596. The Kier molecular flexibility index (Phi) is 4.15. The SMILES string of the molecule is CCOC(c1ccccc1)c1nc(NC)cc(C2CC2)n1. The monoisotopic (exact) mass is 283 g/mol. The van der Waals surface area contributed by atoms with Crippen LogP contribution in [0.15, 0.2) is 36.4 Å². The van der Waals surface area contributed by atoms with Crippen molar-refractivity contribution in [1.29, 1.82) is 0 Å². The van der Waals surface area contributed by atoms with Crippen LogP contribution in [0.4, 0.5) is 5.82 Å². The van der Waals surface area contributed by atoms with Gasteiger partial charge in [-0.1, -0.05) is 30.3 Å². The molecule has 110 valence electrons. The van der Waals surface area contributed by atoms with E-state index in [2.05, 4.69) is 28.5 Å². The molecular formula is C17H21N3O. The zero-order valence-corrected chi connectivity index (χ0v) is 12.5. The van der Waals surface area contributed by atoms with Crippen LogP contribution in [-0.2, 0) is 4.74 Å². The van der Waals surface area contributed by atoms with Gasteiger partial charge in [-0.15, -0.1) is 0 Å². The number of ether oxygens (including phenoxy) is 1. The van der Waals surface area contributed by atoms with Crippen molar-refractivity contribution < 1.29 is 4.74 Å². The molecular weight excluding hydrogens is 262 g/mol. The molecule has 0 amide bonds. The second-order valence-corrected chi connectivity index (χ2v) is 5.31. The third kappa shape index (κ3) is 3.22. The number of anilines is 1. The van der Waals surface area contributed by atoms with Crippen LogP contribution in [0.5, 0.6) is 0 Å². The molecule has 3 rings (SSSR count). The van der Waals surface area contributed by atoms with Crippen LogP contribution in [0, 0.1) is 0 Å². The lowest BCUT2D eigenvalue weighted by atomic mass is 10.1. The number of benzene rings is 1. The predicted molar refractivity (Wildman–Crippen MR) is 83.5 cm³/mol. The van der Waals surface area contributed by atoms with Crippen LogP contribution in [0.2, 0.25) is 0 Å². The van der Waals surface area contributed by atoms with Gasteiger partial charge in [-0.2, -0.15) is 0 Å². The highest BCUT2D eigenvalue weighted by Gasteiger charge is 2.28. The Morgan fingerprint density at radius 2 is 2.00 bits per heavy atom. The van der Waals surface area contributed by atoms with E-state index in [-0.39, 0.29) is 6.10 Å². The van der Waals surface area contributed by atoms with Crippen LogP contribution >= 0.6 is 0 Å². The standard InChI is InChI=1S/C17H21N3O/c1-3-21-16(13-7-5-4-6-8-13)17-19-14(12-9-10-12)11-15(18-2)20-17/h4-8,11-12,16H,3,9-10H2,1-2H3,(H,18,19,20). The second kappa shape index (κ2) is 6.22. The van der Waals surface area contributed by atoms with Gasteiger partial charge in [0.2, 0.25) is 0 Å². The molecule has 1 atom stereocenters. The van der Waals surface area contributed by atoms with Gasteiger partial charge in [-0.3, -0.25) is 0 Å². The summed E-state index contributed by atoms with van der Waals surface area (Å²) in [6, 6.07) is 12.2. The van der Waals surface area contributed by atoms with Crippen molar-refractivity contribution in [3.05, 3.63) is 53.5 Å². The van der Waals surface area contributed by atoms with E-state index >= 15 is 0 Å². The van der Waals surface area contributed by atoms with Gasteiger partial charge >= 0.3 is 0 Å². The molecule has 2 aromatic rings. The second-order valence-electron chi connectivity index (χ2n) is 5.31. The summed E-state index contributed by atoms with van der Waals surface area (Å²) in [4.78, 5) is 9.37. The Labute approximate surface area is 125 Å². The van der Waals surface area contributed by atoms with Crippen LogP contribution in [-0.4, -0.2) is 23.6 Å². The Hall–Kier alpha value is -1.94. The lowest BCUT2D eigenvalue weighted by Gasteiger charge is -2.18. The molecule has 1 aromatic heterocycles. The fourth-order valence-electron chi connectivity index (χ4n) is 2.43. The maximum Gasteiger partial charge on any atom is 0.164 e. The molecule has 0 radical (unpaired) electrons. The molecule has 1 fully saturated rings. The predicted octanol–water partition coefficient (Wildman–Crippen LogP) is 3.52. The van der Waals surface area contributed by atoms with Gasteiger partial charge < -0.3 is 10.1 Å². The average molecular weight is 283 g/mol. The first-order valence-corrected chi connectivity index (χ1v) is 7.55. The maximum atomic E-state index is 5.92. The van der Waals surface area contributed by atoms with Crippen molar-refractivity contribution >= 4 is 5.82 Å². The van der Waals surface area contributed by atoms with E-state index in [0.29, 0.717) is 12.5 Å². The van der Waals surface area contributed by atoms with Crippen molar-refractivity contribution in [1.82, 2.24) is 9.97 Å². The molecule has 0 spiro atoms. The van der Waals surface area contributed by atoms with Crippen molar-refractivity contribution in [3.63, 3.8) is 0 Å². The molecule has 1 unspecified atom stereocenters. The normalized spacial score (nSPS) is 15.7. The van der Waals surface area contributed by atoms with E-state index in [1.807, 2.05) is 32.2 Å². The molecule has 4 nitrogen and oxygen atoms in total. The quantitative estimate of drug-likeness (QED) is 0.881. The first kappa shape index (κ1) is 14.0. The number of nitrogens with zero attached hydrogens (tertiary/aromatic N) is 2. The van der Waals surface area contributed by atoms with Gasteiger partial charge in [0, 0.05) is 31.3 Å². The van der Waals surface area contributed by atoms with E-state index in [1.165, 1.54) is 12.8 Å². The number of nitrogens with one attached hydrogen (secondary N) is 1. The molecule has 1 N–H and O–H groups in total. The topological polar surface area (TPSA) is 47.0 Å². The van der Waals surface area contributed by atoms with E-state index < -0.39 is 0 Å².